The lowest BCUT2D eigenvalue weighted by atomic mass is 9.91. The van der Waals surface area contributed by atoms with E-state index in [0.29, 0.717) is 15.0 Å². The molecule has 158 valence electrons. The van der Waals surface area contributed by atoms with Gasteiger partial charge in [-0.1, -0.05) is 25.9 Å². The van der Waals surface area contributed by atoms with E-state index in [9.17, 15) is 14.4 Å². The molecule has 0 spiro atoms. The smallest absolute Gasteiger partial charge is 0.269 e. The van der Waals surface area contributed by atoms with Crippen molar-refractivity contribution >= 4 is 52.3 Å². The molecule has 30 heavy (non-hydrogen) atoms. The van der Waals surface area contributed by atoms with E-state index in [4.69, 9.17) is 4.52 Å². The maximum absolute atomic E-state index is 13.0. The molecule has 0 aliphatic heterocycles. The summed E-state index contributed by atoms with van der Waals surface area (Å²) in [6.07, 6.45) is 3.23. The summed E-state index contributed by atoms with van der Waals surface area (Å²) in [5.41, 5.74) is -0.911. The minimum Gasteiger partial charge on any atom is -0.360 e. The third-order valence-electron chi connectivity index (χ3n) is 4.16. The van der Waals surface area contributed by atoms with Gasteiger partial charge in [-0.25, -0.2) is 0 Å². The van der Waals surface area contributed by atoms with Gasteiger partial charge in [0.1, 0.15) is 17.0 Å². The van der Waals surface area contributed by atoms with Crippen molar-refractivity contribution in [2.75, 3.05) is 5.32 Å². The van der Waals surface area contributed by atoms with Gasteiger partial charge in [-0.2, -0.15) is 0 Å². The zero-order valence-electron chi connectivity index (χ0n) is 17.4. The number of aromatic nitrogens is 2. The number of amides is 1. The Balaban J connectivity index is 2.04. The Morgan fingerprint density at radius 1 is 1.23 bits per heavy atom. The first-order valence-electron chi connectivity index (χ1n) is 9.30. The fraction of sp³-hybridized carbons (Fsp3) is 0.333. The van der Waals surface area contributed by atoms with Crippen LogP contribution >= 0.6 is 22.7 Å². The van der Waals surface area contributed by atoms with Gasteiger partial charge in [-0.3, -0.25) is 19.0 Å². The lowest BCUT2D eigenvalue weighted by Crippen LogP contribution is -2.36. The molecule has 1 N–H and O–H groups in total. The summed E-state index contributed by atoms with van der Waals surface area (Å²) in [5.74, 6) is 0.284. The topological polar surface area (TPSA) is 94.2 Å². The number of nitrogens with one attached hydrogen (secondary N) is 1. The number of rotatable bonds is 5. The van der Waals surface area contributed by atoms with Crippen LogP contribution in [0.25, 0.3) is 12.2 Å². The Labute approximate surface area is 181 Å². The molecular formula is C21H23N3O4S2. The van der Waals surface area contributed by atoms with Crippen LogP contribution in [0.2, 0.25) is 0 Å². The maximum Gasteiger partial charge on any atom is 0.269 e. The van der Waals surface area contributed by atoms with E-state index >= 15 is 0 Å². The number of carbonyl (C=O) groups excluding carboxylic acids is 2. The van der Waals surface area contributed by atoms with Crippen molar-refractivity contribution < 1.29 is 14.1 Å². The monoisotopic (exact) mass is 445 g/mol. The molecule has 0 aromatic carbocycles. The molecule has 3 rings (SSSR count). The summed E-state index contributed by atoms with van der Waals surface area (Å²) < 4.78 is 7.17. The normalized spacial score (nSPS) is 13.1. The Bertz CT molecular complexity index is 1270. The molecule has 7 nitrogen and oxygen atoms in total. The molecule has 0 fully saturated rings. The molecule has 0 unspecified atom stereocenters. The van der Waals surface area contributed by atoms with Gasteiger partial charge in [0, 0.05) is 27.3 Å². The Morgan fingerprint density at radius 2 is 1.97 bits per heavy atom. The molecule has 0 atom stereocenters. The molecule has 0 bridgehead atoms. The minimum absolute atomic E-state index is 0.122. The van der Waals surface area contributed by atoms with E-state index in [1.807, 2.05) is 39.8 Å². The van der Waals surface area contributed by atoms with Crippen molar-refractivity contribution in [2.45, 2.75) is 41.2 Å². The standard InChI is InChI=1S/C21H23N3O4S2/c1-12-8-17(23-28-12)22-18(26)11-24-19(10-16(25)21(3,4)5)30-15(20(24)27)9-14-7-6-13(2)29-14/h6-10H,11H2,1-5H3,(H,22,23,26). The fourth-order valence-corrected chi connectivity index (χ4v) is 4.46. The lowest BCUT2D eigenvalue weighted by Gasteiger charge is -2.12. The number of thiophene rings is 1. The SMILES string of the molecule is Cc1cc(NC(=O)Cn2c(=CC(=O)C(C)(C)C)sc(=Cc3ccc(C)s3)c2=O)no1. The van der Waals surface area contributed by atoms with E-state index in [2.05, 4.69) is 10.5 Å². The van der Waals surface area contributed by atoms with E-state index in [-0.39, 0.29) is 23.7 Å². The number of aryl methyl sites for hydroxylation is 2. The second-order valence-corrected chi connectivity index (χ2v) is 10.3. The van der Waals surface area contributed by atoms with Crippen LogP contribution in [-0.4, -0.2) is 21.4 Å². The summed E-state index contributed by atoms with van der Waals surface area (Å²) in [7, 11) is 0. The average Bonchev–Trinajstić information content (AvgIpc) is 3.31. The number of thiazole rings is 1. The van der Waals surface area contributed by atoms with Gasteiger partial charge in [0.2, 0.25) is 5.91 Å². The van der Waals surface area contributed by atoms with Crippen molar-refractivity contribution in [3.8, 4) is 0 Å². The number of hydrogen-bond acceptors (Lipinski definition) is 7. The Kier molecular flexibility index (Phi) is 6.23. The average molecular weight is 446 g/mol. The van der Waals surface area contributed by atoms with E-state index < -0.39 is 11.3 Å². The van der Waals surface area contributed by atoms with Gasteiger partial charge < -0.3 is 9.84 Å². The summed E-state index contributed by atoms with van der Waals surface area (Å²) in [5, 5.41) is 6.33. The molecule has 0 saturated heterocycles. The highest BCUT2D eigenvalue weighted by atomic mass is 32.1. The van der Waals surface area contributed by atoms with Crippen molar-refractivity contribution in [2.24, 2.45) is 5.41 Å². The number of carbonyl (C=O) groups is 2. The predicted molar refractivity (Wildman–Crippen MR) is 119 cm³/mol. The highest BCUT2D eigenvalue weighted by Crippen LogP contribution is 2.16. The van der Waals surface area contributed by atoms with Gasteiger partial charge in [0.15, 0.2) is 11.6 Å². The zero-order chi connectivity index (χ0) is 22.1. The fourth-order valence-electron chi connectivity index (χ4n) is 2.53. The van der Waals surface area contributed by atoms with E-state index in [1.54, 1.807) is 30.4 Å². The molecule has 1 amide bonds. The van der Waals surface area contributed by atoms with Gasteiger partial charge in [0.25, 0.3) is 5.56 Å². The van der Waals surface area contributed by atoms with Crippen LogP contribution in [0.4, 0.5) is 5.82 Å². The third-order valence-corrected chi connectivity index (χ3v) is 6.17. The van der Waals surface area contributed by atoms with Crippen LogP contribution in [-0.2, 0) is 16.1 Å². The molecule has 3 aromatic rings. The Hall–Kier alpha value is -2.78. The highest BCUT2D eigenvalue weighted by molar-refractivity contribution is 7.13. The quantitative estimate of drug-likeness (QED) is 0.651. The molecule has 0 radical (unpaired) electrons. The number of nitrogens with zero attached hydrogens (tertiary/aromatic N) is 2. The summed E-state index contributed by atoms with van der Waals surface area (Å²) in [6, 6.07) is 5.50. The summed E-state index contributed by atoms with van der Waals surface area (Å²) >= 11 is 2.77. The second-order valence-electron chi connectivity index (χ2n) is 7.92. The first-order valence-corrected chi connectivity index (χ1v) is 10.9. The highest BCUT2D eigenvalue weighted by Gasteiger charge is 2.20. The third kappa shape index (κ3) is 5.22. The minimum atomic E-state index is -0.597. The van der Waals surface area contributed by atoms with Crippen LogP contribution in [0.1, 0.15) is 36.3 Å². The number of Topliss-reactive ketones (excluding diaryl/α,β-unsaturated/α-hetero) is 1. The first-order chi connectivity index (χ1) is 14.0. The second kappa shape index (κ2) is 8.53. The molecule has 0 aliphatic rings. The van der Waals surface area contributed by atoms with Crippen molar-refractivity contribution in [3.05, 3.63) is 53.3 Å². The molecule has 9 heteroatoms. The molecule has 3 aromatic heterocycles. The van der Waals surface area contributed by atoms with Gasteiger partial charge >= 0.3 is 0 Å². The van der Waals surface area contributed by atoms with Crippen LogP contribution in [0.3, 0.4) is 0 Å². The number of ketones is 1. The van der Waals surface area contributed by atoms with Crippen LogP contribution in [0.5, 0.6) is 0 Å². The van der Waals surface area contributed by atoms with Gasteiger partial charge in [-0.05, 0) is 32.1 Å². The van der Waals surface area contributed by atoms with Crippen molar-refractivity contribution in [3.63, 3.8) is 0 Å². The predicted octanol–water partition coefficient (Wildman–Crippen LogP) is 2.44. The van der Waals surface area contributed by atoms with E-state index in [0.717, 1.165) is 9.75 Å². The molecule has 0 saturated carbocycles. The van der Waals surface area contributed by atoms with Crippen LogP contribution in [0, 0.1) is 19.3 Å². The molecule has 3 heterocycles. The van der Waals surface area contributed by atoms with Gasteiger partial charge in [-0.15, -0.1) is 22.7 Å². The van der Waals surface area contributed by atoms with Crippen molar-refractivity contribution in [1.82, 2.24) is 9.72 Å². The van der Waals surface area contributed by atoms with Crippen LogP contribution < -0.4 is 20.1 Å². The first kappa shape index (κ1) is 21.9. The number of hydrogen-bond donors (Lipinski definition) is 1. The van der Waals surface area contributed by atoms with Crippen molar-refractivity contribution in [1.29, 1.82) is 0 Å². The zero-order valence-corrected chi connectivity index (χ0v) is 19.1. The van der Waals surface area contributed by atoms with Crippen LogP contribution in [0.15, 0.2) is 27.5 Å². The largest absolute Gasteiger partial charge is 0.360 e. The Morgan fingerprint density at radius 3 is 2.53 bits per heavy atom. The maximum atomic E-state index is 13.0. The summed E-state index contributed by atoms with van der Waals surface area (Å²) in [6.45, 7) is 8.90. The summed E-state index contributed by atoms with van der Waals surface area (Å²) in [4.78, 5) is 40.1. The lowest BCUT2D eigenvalue weighted by molar-refractivity contribution is -0.120. The van der Waals surface area contributed by atoms with E-state index in [1.165, 1.54) is 22.0 Å². The number of anilines is 1. The van der Waals surface area contributed by atoms with Gasteiger partial charge in [0.05, 0.1) is 4.53 Å². The molecule has 0 aliphatic carbocycles. The molecular weight excluding hydrogens is 422 g/mol.